The SMILES string of the molecule is Nc1cc(Cl)cc(S(=O)(=O)NCC2CCC(=O)N2)c1Br. The zero-order chi connectivity index (χ0) is 14.9. The van der Waals surface area contributed by atoms with Crippen LogP contribution in [0.5, 0.6) is 0 Å². The van der Waals surface area contributed by atoms with E-state index in [1.54, 1.807) is 0 Å². The molecule has 4 N–H and O–H groups in total. The molecule has 1 aromatic rings. The predicted octanol–water partition coefficient (Wildman–Crippen LogP) is 1.24. The van der Waals surface area contributed by atoms with Gasteiger partial charge in [-0.1, -0.05) is 11.6 Å². The Labute approximate surface area is 130 Å². The lowest BCUT2D eigenvalue weighted by Gasteiger charge is -2.13. The molecule has 0 aromatic heterocycles. The van der Waals surface area contributed by atoms with E-state index >= 15 is 0 Å². The first-order chi connectivity index (χ1) is 9.29. The van der Waals surface area contributed by atoms with Crippen LogP contribution in [0.15, 0.2) is 21.5 Å². The van der Waals surface area contributed by atoms with Crippen molar-refractivity contribution in [2.75, 3.05) is 12.3 Å². The molecule has 0 radical (unpaired) electrons. The molecule has 1 aliphatic rings. The molecule has 1 aliphatic heterocycles. The average Bonchev–Trinajstić information content (AvgIpc) is 2.77. The van der Waals surface area contributed by atoms with E-state index in [0.29, 0.717) is 12.8 Å². The molecule has 0 spiro atoms. The minimum absolute atomic E-state index is 0.0215. The van der Waals surface area contributed by atoms with E-state index in [4.69, 9.17) is 17.3 Å². The molecule has 1 heterocycles. The van der Waals surface area contributed by atoms with Crippen LogP contribution in [-0.2, 0) is 14.8 Å². The maximum absolute atomic E-state index is 12.2. The van der Waals surface area contributed by atoms with Crippen molar-refractivity contribution >= 4 is 49.1 Å². The van der Waals surface area contributed by atoms with Crippen LogP contribution >= 0.6 is 27.5 Å². The topological polar surface area (TPSA) is 101 Å². The van der Waals surface area contributed by atoms with Gasteiger partial charge in [0.15, 0.2) is 0 Å². The van der Waals surface area contributed by atoms with Crippen LogP contribution < -0.4 is 15.8 Å². The summed E-state index contributed by atoms with van der Waals surface area (Å²) in [6.07, 6.45) is 1.03. The summed E-state index contributed by atoms with van der Waals surface area (Å²) in [5, 5.41) is 2.92. The average molecular weight is 383 g/mol. The van der Waals surface area contributed by atoms with E-state index in [0.717, 1.165) is 0 Å². The van der Waals surface area contributed by atoms with Gasteiger partial charge in [0.05, 0.1) is 9.37 Å². The Hall–Kier alpha value is -0.830. The van der Waals surface area contributed by atoms with Gasteiger partial charge in [-0.25, -0.2) is 13.1 Å². The summed E-state index contributed by atoms with van der Waals surface area (Å²) < 4.78 is 27.2. The quantitative estimate of drug-likeness (QED) is 0.682. The minimum atomic E-state index is -3.75. The van der Waals surface area contributed by atoms with Crippen LogP contribution in [0.1, 0.15) is 12.8 Å². The zero-order valence-corrected chi connectivity index (χ0v) is 13.5. The third kappa shape index (κ3) is 3.43. The number of amides is 1. The van der Waals surface area contributed by atoms with E-state index in [1.807, 2.05) is 0 Å². The first-order valence-corrected chi connectivity index (χ1v) is 8.48. The summed E-state index contributed by atoms with van der Waals surface area (Å²) in [5.41, 5.74) is 5.92. The van der Waals surface area contributed by atoms with E-state index in [-0.39, 0.29) is 38.6 Å². The fourth-order valence-corrected chi connectivity index (χ4v) is 4.27. The van der Waals surface area contributed by atoms with E-state index in [9.17, 15) is 13.2 Å². The Balaban J connectivity index is 2.16. The summed E-state index contributed by atoms with van der Waals surface area (Å²) >= 11 is 8.97. The molecule has 1 fully saturated rings. The van der Waals surface area contributed by atoms with Crippen molar-refractivity contribution in [1.29, 1.82) is 0 Å². The van der Waals surface area contributed by atoms with Crippen molar-refractivity contribution in [3.8, 4) is 0 Å². The van der Waals surface area contributed by atoms with E-state index in [2.05, 4.69) is 26.0 Å². The number of sulfonamides is 1. The Kier molecular flexibility index (Phi) is 4.58. The molecular weight excluding hydrogens is 370 g/mol. The minimum Gasteiger partial charge on any atom is -0.398 e. The lowest BCUT2D eigenvalue weighted by molar-refractivity contribution is -0.119. The van der Waals surface area contributed by atoms with Gasteiger partial charge in [0.2, 0.25) is 15.9 Å². The number of benzene rings is 1. The van der Waals surface area contributed by atoms with Gasteiger partial charge in [0.1, 0.15) is 0 Å². The first kappa shape index (κ1) is 15.6. The van der Waals surface area contributed by atoms with Crippen LogP contribution in [0.25, 0.3) is 0 Å². The highest BCUT2D eigenvalue weighted by Crippen LogP contribution is 2.31. The summed E-state index contributed by atoms with van der Waals surface area (Å²) in [7, 11) is -3.75. The lowest BCUT2D eigenvalue weighted by atomic mass is 10.2. The van der Waals surface area contributed by atoms with Crippen molar-refractivity contribution in [1.82, 2.24) is 10.0 Å². The molecule has 20 heavy (non-hydrogen) atoms. The largest absolute Gasteiger partial charge is 0.398 e. The van der Waals surface area contributed by atoms with Crippen LogP contribution in [0.3, 0.4) is 0 Å². The van der Waals surface area contributed by atoms with Crippen molar-refractivity contribution in [3.63, 3.8) is 0 Å². The van der Waals surface area contributed by atoms with Gasteiger partial charge in [0, 0.05) is 29.7 Å². The molecule has 2 rings (SSSR count). The number of carbonyl (C=O) groups is 1. The number of anilines is 1. The molecule has 9 heteroatoms. The van der Waals surface area contributed by atoms with Gasteiger partial charge < -0.3 is 11.1 Å². The highest BCUT2D eigenvalue weighted by Gasteiger charge is 2.25. The number of halogens is 2. The number of carbonyl (C=O) groups excluding carboxylic acids is 1. The maximum atomic E-state index is 12.2. The molecule has 110 valence electrons. The normalized spacial score (nSPS) is 19.1. The Morgan fingerprint density at radius 3 is 2.80 bits per heavy atom. The lowest BCUT2D eigenvalue weighted by Crippen LogP contribution is -2.38. The molecule has 1 aromatic carbocycles. The number of hydrogen-bond acceptors (Lipinski definition) is 4. The maximum Gasteiger partial charge on any atom is 0.241 e. The monoisotopic (exact) mass is 381 g/mol. The highest BCUT2D eigenvalue weighted by atomic mass is 79.9. The number of nitrogen functional groups attached to an aromatic ring is 1. The van der Waals surface area contributed by atoms with E-state index < -0.39 is 10.0 Å². The van der Waals surface area contributed by atoms with Gasteiger partial charge in [-0.3, -0.25) is 4.79 Å². The Morgan fingerprint density at radius 1 is 1.50 bits per heavy atom. The van der Waals surface area contributed by atoms with E-state index in [1.165, 1.54) is 12.1 Å². The summed E-state index contributed by atoms with van der Waals surface area (Å²) in [6.45, 7) is 0.132. The second kappa shape index (κ2) is 5.88. The summed E-state index contributed by atoms with van der Waals surface area (Å²) in [5.74, 6) is -0.0672. The standard InChI is InChI=1S/C11H13BrClN3O3S/c12-11-8(14)3-6(13)4-9(11)20(18,19)15-5-7-1-2-10(17)16-7/h3-4,7,15H,1-2,5,14H2,(H,16,17). The molecule has 1 amide bonds. The van der Waals surface area contributed by atoms with Gasteiger partial charge in [-0.15, -0.1) is 0 Å². The molecule has 0 saturated carbocycles. The predicted molar refractivity (Wildman–Crippen MR) is 79.9 cm³/mol. The highest BCUT2D eigenvalue weighted by molar-refractivity contribution is 9.10. The van der Waals surface area contributed by atoms with Gasteiger partial charge in [0.25, 0.3) is 0 Å². The summed E-state index contributed by atoms with van der Waals surface area (Å²) in [4.78, 5) is 11.0. The number of hydrogen-bond donors (Lipinski definition) is 3. The van der Waals surface area contributed by atoms with Crippen LogP contribution in [0.4, 0.5) is 5.69 Å². The molecule has 6 nitrogen and oxygen atoms in total. The molecule has 0 aliphatic carbocycles. The van der Waals surface area contributed by atoms with Crippen molar-refractivity contribution in [2.45, 2.75) is 23.8 Å². The smallest absolute Gasteiger partial charge is 0.241 e. The number of nitrogens with two attached hydrogens (primary N) is 1. The van der Waals surface area contributed by atoms with Crippen molar-refractivity contribution < 1.29 is 13.2 Å². The van der Waals surface area contributed by atoms with Crippen LogP contribution in [-0.4, -0.2) is 26.9 Å². The number of nitrogens with one attached hydrogen (secondary N) is 2. The van der Waals surface area contributed by atoms with Gasteiger partial charge in [-0.05, 0) is 34.5 Å². The molecule has 1 unspecified atom stereocenters. The Morgan fingerprint density at radius 2 is 2.20 bits per heavy atom. The zero-order valence-electron chi connectivity index (χ0n) is 10.3. The second-order valence-electron chi connectivity index (χ2n) is 4.46. The third-order valence-corrected chi connectivity index (χ3v) is 5.74. The molecular formula is C11H13BrClN3O3S. The fourth-order valence-electron chi connectivity index (χ4n) is 1.90. The van der Waals surface area contributed by atoms with Crippen LogP contribution in [0.2, 0.25) is 5.02 Å². The third-order valence-electron chi connectivity index (χ3n) is 2.93. The fraction of sp³-hybridized carbons (Fsp3) is 0.364. The molecule has 1 saturated heterocycles. The molecule has 1 atom stereocenters. The van der Waals surface area contributed by atoms with Gasteiger partial charge in [-0.2, -0.15) is 0 Å². The van der Waals surface area contributed by atoms with Crippen molar-refractivity contribution in [2.24, 2.45) is 0 Å². The van der Waals surface area contributed by atoms with Crippen LogP contribution in [0, 0.1) is 0 Å². The molecule has 0 bridgehead atoms. The second-order valence-corrected chi connectivity index (χ2v) is 7.43. The first-order valence-electron chi connectivity index (χ1n) is 5.83. The van der Waals surface area contributed by atoms with Crippen molar-refractivity contribution in [3.05, 3.63) is 21.6 Å². The Bertz CT molecular complexity index is 651. The number of rotatable bonds is 4. The van der Waals surface area contributed by atoms with Gasteiger partial charge >= 0.3 is 0 Å². The summed E-state index contributed by atoms with van der Waals surface area (Å²) in [6, 6.07) is 2.59.